The lowest BCUT2D eigenvalue weighted by Crippen LogP contribution is -2.07. The molecule has 0 bridgehead atoms. The second kappa shape index (κ2) is 5.91. The predicted molar refractivity (Wildman–Crippen MR) is 76.6 cm³/mol. The maximum atomic E-state index is 13.3. The highest BCUT2D eigenvalue weighted by Gasteiger charge is 2.16. The molecule has 2 aromatic rings. The summed E-state index contributed by atoms with van der Waals surface area (Å²) in [5.74, 6) is -0.655. The molecule has 0 aliphatic rings. The van der Waals surface area contributed by atoms with Gasteiger partial charge in [-0.3, -0.25) is 0 Å². The molecule has 0 unspecified atom stereocenters. The van der Waals surface area contributed by atoms with Gasteiger partial charge in [0.15, 0.2) is 9.84 Å². The summed E-state index contributed by atoms with van der Waals surface area (Å²) in [7, 11) is -3.52. The van der Waals surface area contributed by atoms with Crippen LogP contribution < -0.4 is 5.73 Å². The highest BCUT2D eigenvalue weighted by atomic mass is 35.5. The van der Waals surface area contributed by atoms with Crippen molar-refractivity contribution in [1.29, 1.82) is 0 Å². The molecule has 20 heavy (non-hydrogen) atoms. The van der Waals surface area contributed by atoms with Crippen LogP contribution in [-0.4, -0.2) is 8.42 Å². The normalized spacial score (nSPS) is 11.6. The van der Waals surface area contributed by atoms with Crippen LogP contribution in [0.25, 0.3) is 0 Å². The van der Waals surface area contributed by atoms with Crippen LogP contribution in [0.4, 0.5) is 4.39 Å². The Hall–Kier alpha value is -1.43. The van der Waals surface area contributed by atoms with Gasteiger partial charge in [0.2, 0.25) is 0 Å². The first-order chi connectivity index (χ1) is 9.42. The van der Waals surface area contributed by atoms with E-state index in [1.807, 2.05) is 0 Å². The predicted octanol–water partition coefficient (Wildman–Crippen LogP) is 2.91. The van der Waals surface area contributed by atoms with Crippen molar-refractivity contribution in [3.8, 4) is 0 Å². The molecule has 0 heterocycles. The van der Waals surface area contributed by atoms with Crippen LogP contribution in [0.15, 0.2) is 47.4 Å². The number of benzene rings is 2. The van der Waals surface area contributed by atoms with E-state index in [-0.39, 0.29) is 17.2 Å². The Morgan fingerprint density at radius 3 is 2.55 bits per heavy atom. The zero-order valence-corrected chi connectivity index (χ0v) is 12.1. The molecule has 2 aromatic carbocycles. The Bertz CT molecular complexity index is 732. The zero-order valence-electron chi connectivity index (χ0n) is 10.5. The Morgan fingerprint density at radius 1 is 1.15 bits per heavy atom. The number of hydrogen-bond donors (Lipinski definition) is 1. The third-order valence-corrected chi connectivity index (χ3v) is 4.76. The van der Waals surface area contributed by atoms with Gasteiger partial charge in [0.25, 0.3) is 0 Å². The summed E-state index contributed by atoms with van der Waals surface area (Å²) in [6.07, 6.45) is 0. The quantitative estimate of drug-likeness (QED) is 0.944. The van der Waals surface area contributed by atoms with Gasteiger partial charge in [-0.05, 0) is 29.8 Å². The van der Waals surface area contributed by atoms with Gasteiger partial charge in [-0.15, -0.1) is 0 Å². The molecule has 0 radical (unpaired) electrons. The van der Waals surface area contributed by atoms with Crippen LogP contribution in [0.1, 0.15) is 11.1 Å². The monoisotopic (exact) mass is 313 g/mol. The number of hydrogen-bond acceptors (Lipinski definition) is 3. The van der Waals surface area contributed by atoms with Crippen LogP contribution in [0, 0.1) is 5.82 Å². The van der Waals surface area contributed by atoms with Gasteiger partial charge >= 0.3 is 0 Å². The first kappa shape index (κ1) is 15.0. The lowest BCUT2D eigenvalue weighted by molar-refractivity contribution is 0.594. The average Bonchev–Trinajstić information content (AvgIpc) is 2.40. The molecule has 0 aromatic heterocycles. The standard InChI is InChI=1S/C14H13ClFNO2S/c15-12-2-1-3-13(7-12)20(18,19)9-10-4-5-14(16)11(6-10)8-17/h1-7H,8-9,17H2. The Balaban J connectivity index is 2.33. The van der Waals surface area contributed by atoms with Gasteiger partial charge < -0.3 is 5.73 Å². The maximum Gasteiger partial charge on any atom is 0.182 e. The van der Waals surface area contributed by atoms with Crippen molar-refractivity contribution in [3.63, 3.8) is 0 Å². The summed E-state index contributed by atoms with van der Waals surface area (Å²) in [6.45, 7) is 0.0247. The second-order valence-electron chi connectivity index (χ2n) is 4.35. The lowest BCUT2D eigenvalue weighted by Gasteiger charge is -2.07. The number of rotatable bonds is 4. The van der Waals surface area contributed by atoms with Crippen LogP contribution in [0.2, 0.25) is 5.02 Å². The van der Waals surface area contributed by atoms with Crippen molar-refractivity contribution < 1.29 is 12.8 Å². The third kappa shape index (κ3) is 3.36. The molecule has 2 N–H and O–H groups in total. The Labute approximate surface area is 122 Å². The summed E-state index contributed by atoms with van der Waals surface area (Å²) in [6, 6.07) is 10.2. The molecular formula is C14H13ClFNO2S. The fourth-order valence-electron chi connectivity index (χ4n) is 1.84. The van der Waals surface area contributed by atoms with Gasteiger partial charge in [-0.2, -0.15) is 0 Å². The lowest BCUT2D eigenvalue weighted by atomic mass is 10.1. The highest BCUT2D eigenvalue weighted by Crippen LogP contribution is 2.21. The van der Waals surface area contributed by atoms with Gasteiger partial charge in [-0.25, -0.2) is 12.8 Å². The van der Waals surface area contributed by atoms with Crippen molar-refractivity contribution in [2.75, 3.05) is 0 Å². The van der Waals surface area contributed by atoms with Crippen LogP contribution >= 0.6 is 11.6 Å². The third-order valence-electron chi connectivity index (χ3n) is 2.84. The zero-order chi connectivity index (χ0) is 14.8. The van der Waals surface area contributed by atoms with E-state index >= 15 is 0 Å². The SMILES string of the molecule is NCc1cc(CS(=O)(=O)c2cccc(Cl)c2)ccc1F. The summed E-state index contributed by atoms with van der Waals surface area (Å²) >= 11 is 5.79. The fourth-order valence-corrected chi connectivity index (χ4v) is 3.47. The molecule has 3 nitrogen and oxygen atoms in total. The molecule has 0 atom stereocenters. The molecule has 106 valence electrons. The van der Waals surface area contributed by atoms with E-state index in [9.17, 15) is 12.8 Å². The van der Waals surface area contributed by atoms with E-state index in [4.69, 9.17) is 17.3 Å². The van der Waals surface area contributed by atoms with Crippen LogP contribution in [0.3, 0.4) is 0 Å². The first-order valence-electron chi connectivity index (χ1n) is 5.88. The average molecular weight is 314 g/mol. The fraction of sp³-hybridized carbons (Fsp3) is 0.143. The van der Waals surface area contributed by atoms with E-state index < -0.39 is 15.7 Å². The van der Waals surface area contributed by atoms with E-state index in [2.05, 4.69) is 0 Å². The molecule has 0 saturated carbocycles. The largest absolute Gasteiger partial charge is 0.326 e. The molecule has 6 heteroatoms. The molecule has 0 amide bonds. The topological polar surface area (TPSA) is 60.2 Å². The molecule has 0 fully saturated rings. The van der Waals surface area contributed by atoms with Crippen molar-refractivity contribution in [1.82, 2.24) is 0 Å². The second-order valence-corrected chi connectivity index (χ2v) is 6.77. The first-order valence-corrected chi connectivity index (χ1v) is 7.91. The Morgan fingerprint density at radius 2 is 1.90 bits per heavy atom. The van der Waals surface area contributed by atoms with Crippen molar-refractivity contribution in [3.05, 3.63) is 64.4 Å². The summed E-state index contributed by atoms with van der Waals surface area (Å²) in [5.41, 5.74) is 6.19. The van der Waals surface area contributed by atoms with Crippen molar-refractivity contribution in [2.45, 2.75) is 17.2 Å². The summed E-state index contributed by atoms with van der Waals surface area (Å²) in [4.78, 5) is 0.142. The molecule has 0 spiro atoms. The molecule has 0 aliphatic heterocycles. The Kier molecular flexibility index (Phi) is 4.42. The van der Waals surface area contributed by atoms with E-state index in [0.717, 1.165) is 0 Å². The highest BCUT2D eigenvalue weighted by molar-refractivity contribution is 7.90. The molecule has 0 aliphatic carbocycles. The number of nitrogens with two attached hydrogens (primary N) is 1. The molecule has 2 rings (SSSR count). The minimum Gasteiger partial charge on any atom is -0.326 e. The van der Waals surface area contributed by atoms with Gasteiger partial charge in [0, 0.05) is 17.1 Å². The summed E-state index contributed by atoms with van der Waals surface area (Å²) in [5, 5.41) is 0.354. The van der Waals surface area contributed by atoms with E-state index in [1.165, 1.54) is 30.3 Å². The number of halogens is 2. The van der Waals surface area contributed by atoms with Crippen molar-refractivity contribution in [2.24, 2.45) is 5.73 Å². The maximum absolute atomic E-state index is 13.3. The van der Waals surface area contributed by atoms with Crippen LogP contribution in [0.5, 0.6) is 0 Å². The smallest absolute Gasteiger partial charge is 0.182 e. The summed E-state index contributed by atoms with van der Waals surface area (Å²) < 4.78 is 37.8. The molecular weight excluding hydrogens is 301 g/mol. The van der Waals surface area contributed by atoms with Gasteiger partial charge in [-0.1, -0.05) is 29.8 Å². The minimum atomic E-state index is -3.52. The van der Waals surface area contributed by atoms with E-state index in [0.29, 0.717) is 16.1 Å². The van der Waals surface area contributed by atoms with Gasteiger partial charge in [0.1, 0.15) is 5.82 Å². The minimum absolute atomic E-state index is 0.0247. The number of sulfone groups is 1. The van der Waals surface area contributed by atoms with Crippen LogP contribution in [-0.2, 0) is 22.1 Å². The van der Waals surface area contributed by atoms with E-state index in [1.54, 1.807) is 12.1 Å². The van der Waals surface area contributed by atoms with Crippen molar-refractivity contribution >= 4 is 21.4 Å². The molecule has 0 saturated heterocycles. The van der Waals surface area contributed by atoms with Gasteiger partial charge in [0.05, 0.1) is 10.6 Å².